The smallest absolute Gasteiger partial charge is 0.264 e. The van der Waals surface area contributed by atoms with Crippen molar-refractivity contribution in [3.05, 3.63) is 41.9 Å². The summed E-state index contributed by atoms with van der Waals surface area (Å²) >= 11 is 1.13. The quantitative estimate of drug-likeness (QED) is 0.201. The van der Waals surface area contributed by atoms with Gasteiger partial charge in [-0.3, -0.25) is 4.79 Å². The number of aromatic nitrogens is 3. The zero-order valence-corrected chi connectivity index (χ0v) is 17.4. The fourth-order valence-corrected chi connectivity index (χ4v) is 3.00. The predicted octanol–water partition coefficient (Wildman–Crippen LogP) is 2.09. The summed E-state index contributed by atoms with van der Waals surface area (Å²) in [5.41, 5.74) is 3.21. The van der Waals surface area contributed by atoms with Gasteiger partial charge in [0.25, 0.3) is 5.95 Å². The number of rotatable bonds is 9. The minimum atomic E-state index is -0.257. The van der Waals surface area contributed by atoms with Gasteiger partial charge < -0.3 is 25.1 Å². The SMILES string of the molecule is COc1ccc(NC(=O)CSc2nnc(N/N=C/c3ccc(C)o3)n2N)c(OC)c1. The van der Waals surface area contributed by atoms with Crippen LogP contribution in [0.25, 0.3) is 0 Å². The highest BCUT2D eigenvalue weighted by Crippen LogP contribution is 2.29. The van der Waals surface area contributed by atoms with E-state index in [1.165, 1.54) is 18.0 Å². The normalized spacial score (nSPS) is 10.9. The molecule has 12 heteroatoms. The van der Waals surface area contributed by atoms with E-state index in [1.807, 2.05) is 13.0 Å². The van der Waals surface area contributed by atoms with E-state index in [0.717, 1.165) is 17.5 Å². The summed E-state index contributed by atoms with van der Waals surface area (Å²) in [6, 6.07) is 8.72. The summed E-state index contributed by atoms with van der Waals surface area (Å²) in [4.78, 5) is 12.3. The second-order valence-corrected chi connectivity index (χ2v) is 6.84. The lowest BCUT2D eigenvalue weighted by Gasteiger charge is -2.11. The minimum absolute atomic E-state index is 0.0689. The lowest BCUT2D eigenvalue weighted by atomic mass is 10.2. The lowest BCUT2D eigenvalue weighted by molar-refractivity contribution is -0.113. The second-order valence-electron chi connectivity index (χ2n) is 5.90. The fraction of sp³-hybridized carbons (Fsp3) is 0.222. The van der Waals surface area contributed by atoms with Crippen molar-refractivity contribution in [2.75, 3.05) is 36.6 Å². The maximum Gasteiger partial charge on any atom is 0.264 e. The van der Waals surface area contributed by atoms with Gasteiger partial charge in [-0.05, 0) is 31.2 Å². The molecule has 0 aliphatic rings. The van der Waals surface area contributed by atoms with Gasteiger partial charge in [-0.15, -0.1) is 10.2 Å². The largest absolute Gasteiger partial charge is 0.497 e. The highest BCUT2D eigenvalue weighted by molar-refractivity contribution is 7.99. The molecule has 0 saturated heterocycles. The number of ether oxygens (including phenoxy) is 2. The summed E-state index contributed by atoms with van der Waals surface area (Å²) in [6.07, 6.45) is 1.49. The van der Waals surface area contributed by atoms with Crippen LogP contribution in [-0.4, -0.2) is 47.0 Å². The first-order valence-electron chi connectivity index (χ1n) is 8.71. The van der Waals surface area contributed by atoms with Crippen molar-refractivity contribution in [1.29, 1.82) is 0 Å². The number of benzene rings is 1. The van der Waals surface area contributed by atoms with Gasteiger partial charge in [-0.2, -0.15) is 5.10 Å². The van der Waals surface area contributed by atoms with Crippen LogP contribution in [0.2, 0.25) is 0 Å². The zero-order valence-electron chi connectivity index (χ0n) is 16.6. The van der Waals surface area contributed by atoms with Crippen molar-refractivity contribution in [2.24, 2.45) is 5.10 Å². The molecule has 0 aliphatic heterocycles. The number of hydrazone groups is 1. The van der Waals surface area contributed by atoms with E-state index in [9.17, 15) is 4.79 Å². The number of furan rings is 1. The number of carbonyl (C=O) groups is 1. The first kappa shape index (κ1) is 21.0. The molecule has 3 rings (SSSR count). The van der Waals surface area contributed by atoms with Crippen LogP contribution in [0, 0.1) is 6.92 Å². The van der Waals surface area contributed by atoms with Crippen LogP contribution >= 0.6 is 11.8 Å². The molecule has 0 unspecified atom stereocenters. The third kappa shape index (κ3) is 5.23. The van der Waals surface area contributed by atoms with E-state index in [0.29, 0.717) is 28.1 Å². The van der Waals surface area contributed by atoms with Crippen LogP contribution in [-0.2, 0) is 4.79 Å². The molecule has 158 valence electrons. The van der Waals surface area contributed by atoms with Crippen LogP contribution in [0.4, 0.5) is 11.6 Å². The molecule has 3 aromatic rings. The molecule has 0 radical (unpaired) electrons. The summed E-state index contributed by atoms with van der Waals surface area (Å²) in [5, 5.41) is 15.0. The average Bonchev–Trinajstić information content (AvgIpc) is 3.32. The molecule has 4 N–H and O–H groups in total. The number of anilines is 2. The summed E-state index contributed by atoms with van der Waals surface area (Å²) in [7, 11) is 3.07. The van der Waals surface area contributed by atoms with E-state index < -0.39 is 0 Å². The van der Waals surface area contributed by atoms with Crippen LogP contribution < -0.4 is 26.1 Å². The van der Waals surface area contributed by atoms with Crippen molar-refractivity contribution >= 4 is 35.5 Å². The molecule has 1 amide bonds. The molecule has 0 fully saturated rings. The minimum Gasteiger partial charge on any atom is -0.497 e. The highest BCUT2D eigenvalue weighted by atomic mass is 32.2. The highest BCUT2D eigenvalue weighted by Gasteiger charge is 2.14. The van der Waals surface area contributed by atoms with Gasteiger partial charge in [0.15, 0.2) is 0 Å². The van der Waals surface area contributed by atoms with Crippen molar-refractivity contribution in [1.82, 2.24) is 14.9 Å². The van der Waals surface area contributed by atoms with Crippen LogP contribution in [0.5, 0.6) is 11.5 Å². The first-order chi connectivity index (χ1) is 14.5. The number of aryl methyl sites for hydroxylation is 1. The number of carbonyl (C=O) groups excluding carboxylic acids is 1. The Balaban J connectivity index is 1.54. The molecule has 30 heavy (non-hydrogen) atoms. The van der Waals surface area contributed by atoms with E-state index in [1.54, 1.807) is 31.4 Å². The van der Waals surface area contributed by atoms with E-state index in [2.05, 4.69) is 26.0 Å². The van der Waals surface area contributed by atoms with Crippen LogP contribution in [0.15, 0.2) is 45.0 Å². The Labute approximate surface area is 176 Å². The number of amides is 1. The lowest BCUT2D eigenvalue weighted by Crippen LogP contribution is -2.17. The van der Waals surface area contributed by atoms with Crippen molar-refractivity contribution in [3.63, 3.8) is 0 Å². The number of thioether (sulfide) groups is 1. The second kappa shape index (κ2) is 9.69. The molecule has 0 aliphatic carbocycles. The molecule has 0 atom stereocenters. The molecule has 2 heterocycles. The summed E-state index contributed by atoms with van der Waals surface area (Å²) in [5.74, 6) is 8.46. The maximum atomic E-state index is 12.3. The summed E-state index contributed by atoms with van der Waals surface area (Å²) < 4.78 is 17.0. The van der Waals surface area contributed by atoms with Crippen molar-refractivity contribution in [2.45, 2.75) is 12.1 Å². The number of nitrogen functional groups attached to an aromatic ring is 1. The van der Waals surface area contributed by atoms with Gasteiger partial charge in [0.2, 0.25) is 11.1 Å². The Kier molecular flexibility index (Phi) is 6.80. The van der Waals surface area contributed by atoms with E-state index in [4.69, 9.17) is 19.7 Å². The molecule has 0 bridgehead atoms. The van der Waals surface area contributed by atoms with Crippen molar-refractivity contribution < 1.29 is 18.7 Å². The molecule has 1 aromatic carbocycles. The third-order valence-corrected chi connectivity index (χ3v) is 4.74. The first-order valence-corrected chi connectivity index (χ1v) is 9.69. The van der Waals surface area contributed by atoms with Crippen molar-refractivity contribution in [3.8, 4) is 11.5 Å². The Morgan fingerprint density at radius 3 is 2.83 bits per heavy atom. The number of nitrogens with one attached hydrogen (secondary N) is 2. The Morgan fingerprint density at radius 2 is 2.13 bits per heavy atom. The molecular formula is C18H21N7O4S. The Morgan fingerprint density at radius 1 is 1.30 bits per heavy atom. The molecule has 2 aromatic heterocycles. The Hall–Kier alpha value is -3.67. The third-order valence-electron chi connectivity index (χ3n) is 3.80. The van der Waals surface area contributed by atoms with Gasteiger partial charge in [-0.1, -0.05) is 11.8 Å². The summed E-state index contributed by atoms with van der Waals surface area (Å²) in [6.45, 7) is 1.84. The van der Waals surface area contributed by atoms with Gasteiger partial charge in [0, 0.05) is 6.07 Å². The zero-order chi connectivity index (χ0) is 21.5. The van der Waals surface area contributed by atoms with Gasteiger partial charge in [-0.25, -0.2) is 10.1 Å². The van der Waals surface area contributed by atoms with Crippen LogP contribution in [0.3, 0.4) is 0 Å². The van der Waals surface area contributed by atoms with Gasteiger partial charge >= 0.3 is 0 Å². The molecule has 11 nitrogen and oxygen atoms in total. The number of methoxy groups -OCH3 is 2. The molecular weight excluding hydrogens is 410 g/mol. The van der Waals surface area contributed by atoms with Crippen LogP contribution in [0.1, 0.15) is 11.5 Å². The Bertz CT molecular complexity index is 1050. The topological polar surface area (TPSA) is 142 Å². The molecule has 0 spiro atoms. The van der Waals surface area contributed by atoms with Gasteiger partial charge in [0.1, 0.15) is 23.0 Å². The van der Waals surface area contributed by atoms with Gasteiger partial charge in [0.05, 0.1) is 31.9 Å². The van der Waals surface area contributed by atoms with E-state index in [-0.39, 0.29) is 17.6 Å². The predicted molar refractivity (Wildman–Crippen MR) is 114 cm³/mol. The number of hydrogen-bond acceptors (Lipinski definition) is 10. The number of hydrogen-bond donors (Lipinski definition) is 3. The number of nitrogens with two attached hydrogens (primary N) is 1. The number of nitrogens with zero attached hydrogens (tertiary/aromatic N) is 4. The fourth-order valence-electron chi connectivity index (χ4n) is 2.35. The maximum absolute atomic E-state index is 12.3. The molecule has 0 saturated carbocycles. The average molecular weight is 431 g/mol. The van der Waals surface area contributed by atoms with E-state index >= 15 is 0 Å². The monoisotopic (exact) mass is 431 g/mol. The standard InChI is InChI=1S/C18H21N7O4S/c1-11-4-5-13(29-11)9-20-22-17-23-24-18(25(17)19)30-10-16(26)21-14-7-6-12(27-2)8-15(14)28-3/h4-9H,10,19H2,1-3H3,(H,21,26)(H,22,23)/b20-9+.